The molecular formula is C11H16N3O15P3. The summed E-state index contributed by atoms with van der Waals surface area (Å²) in [7, 11) is -16.9. The van der Waals surface area contributed by atoms with Crippen molar-refractivity contribution in [2.24, 2.45) is 5.92 Å². The molecule has 1 aliphatic heterocycles. The minimum absolute atomic E-state index is 0.425. The Kier molecular flexibility index (Phi) is 7.82. The minimum Gasteiger partial charge on any atom is -0.396 e. The van der Waals surface area contributed by atoms with E-state index >= 15 is 0 Å². The average Bonchev–Trinajstić information content (AvgIpc) is 2.89. The van der Waals surface area contributed by atoms with Crippen molar-refractivity contribution in [1.82, 2.24) is 14.8 Å². The van der Waals surface area contributed by atoms with Crippen molar-refractivity contribution in [1.29, 1.82) is 0 Å². The molecule has 18 nitrogen and oxygen atoms in total. The van der Waals surface area contributed by atoms with Crippen LogP contribution in [0, 0.1) is 18.3 Å². The number of ether oxygens (including phenoxy) is 1. The summed E-state index contributed by atoms with van der Waals surface area (Å²) in [5.74, 6) is 0.397. The third-order valence-electron chi connectivity index (χ3n) is 3.90. The number of phosphoric ester groups is 1. The zero-order valence-corrected chi connectivity index (χ0v) is 18.1. The fourth-order valence-electron chi connectivity index (χ4n) is 2.67. The molecule has 2 rings (SSSR count). The van der Waals surface area contributed by atoms with Gasteiger partial charge in [0.05, 0.1) is 25.2 Å². The first kappa shape index (κ1) is 26.7. The number of aromatic nitrogens is 3. The molecule has 1 aromatic rings. The molecule has 0 bridgehead atoms. The van der Waals surface area contributed by atoms with Crippen LogP contribution in [0.25, 0.3) is 0 Å². The predicted octanol–water partition coefficient (Wildman–Crippen LogP) is -2.85. The Labute approximate surface area is 176 Å². The molecule has 0 saturated carbocycles. The van der Waals surface area contributed by atoms with Gasteiger partial charge in [0.2, 0.25) is 0 Å². The molecular weight excluding hydrogens is 507 g/mol. The highest BCUT2D eigenvalue weighted by molar-refractivity contribution is 7.66. The van der Waals surface area contributed by atoms with Crippen LogP contribution in [0.2, 0.25) is 0 Å². The first-order valence-corrected chi connectivity index (χ1v) is 12.5. The molecule has 4 unspecified atom stereocenters. The van der Waals surface area contributed by atoms with E-state index in [0.29, 0.717) is 10.9 Å². The van der Waals surface area contributed by atoms with Crippen LogP contribution in [0.4, 0.5) is 0 Å². The van der Waals surface area contributed by atoms with Crippen molar-refractivity contribution in [3.63, 3.8) is 0 Å². The number of nitrogens with zero attached hydrogens (tertiary/aromatic N) is 2. The van der Waals surface area contributed by atoms with E-state index in [1.54, 1.807) is 0 Å². The van der Waals surface area contributed by atoms with Gasteiger partial charge in [-0.05, 0) is 0 Å². The minimum atomic E-state index is -5.78. The highest BCUT2D eigenvalue weighted by atomic mass is 31.3. The number of hydrogen-bond donors (Lipinski definition) is 7. The number of aliphatic hydroxyl groups excluding tert-OH is 1. The molecule has 6 atom stereocenters. The third kappa shape index (κ3) is 6.28. The average molecular weight is 523 g/mol. The summed E-state index contributed by atoms with van der Waals surface area (Å²) in [6.07, 6.45) is 2.54. The lowest BCUT2D eigenvalue weighted by Crippen LogP contribution is -2.47. The number of phosphoric acid groups is 3. The fourth-order valence-corrected chi connectivity index (χ4v) is 5.70. The van der Waals surface area contributed by atoms with Crippen LogP contribution in [-0.2, 0) is 31.6 Å². The van der Waals surface area contributed by atoms with Crippen molar-refractivity contribution >= 4 is 23.5 Å². The standard InChI is InChI=1S/C11H16N3O15P3/c1-2-11(18)6(4-15)7(27-9(11)14-10(17)13-8(16)3-12-14)5-26-31(22,23)29-32(24,25)28-30(19,20)21/h1,3,6-7,9,15,18H,4-5H2,(H,22,23)(H,24,25)(H,13,16,17)(H2,19,20,21)/t6?,7-,9-,11?/m1/s1. The van der Waals surface area contributed by atoms with Crippen molar-refractivity contribution in [2.45, 2.75) is 17.9 Å². The molecule has 21 heteroatoms. The lowest BCUT2D eigenvalue weighted by atomic mass is 9.86. The predicted molar refractivity (Wildman–Crippen MR) is 97.2 cm³/mol. The van der Waals surface area contributed by atoms with Crippen LogP contribution in [0.1, 0.15) is 6.23 Å². The van der Waals surface area contributed by atoms with Gasteiger partial charge in [0.25, 0.3) is 5.56 Å². The van der Waals surface area contributed by atoms with Crippen LogP contribution in [0.3, 0.4) is 0 Å². The van der Waals surface area contributed by atoms with Crippen LogP contribution in [0.5, 0.6) is 0 Å². The van der Waals surface area contributed by atoms with E-state index in [1.165, 1.54) is 0 Å². The van der Waals surface area contributed by atoms with Crippen LogP contribution < -0.4 is 11.2 Å². The second-order valence-electron chi connectivity index (χ2n) is 6.06. The molecule has 0 aliphatic carbocycles. The van der Waals surface area contributed by atoms with Gasteiger partial charge < -0.3 is 34.5 Å². The maximum absolute atomic E-state index is 12.0. The van der Waals surface area contributed by atoms with Gasteiger partial charge in [-0.25, -0.2) is 18.5 Å². The largest absolute Gasteiger partial charge is 0.490 e. The van der Waals surface area contributed by atoms with Gasteiger partial charge in [-0.15, -0.1) is 6.42 Å². The first-order valence-electron chi connectivity index (χ1n) is 7.96. The fraction of sp³-hybridized carbons (Fsp3) is 0.545. The van der Waals surface area contributed by atoms with Gasteiger partial charge in [0.15, 0.2) is 11.8 Å². The number of rotatable bonds is 9. The van der Waals surface area contributed by atoms with E-state index in [0.717, 1.165) is 0 Å². The van der Waals surface area contributed by atoms with Crippen molar-refractivity contribution < 1.29 is 61.4 Å². The Balaban J connectivity index is 2.24. The molecule has 1 aromatic heterocycles. The lowest BCUT2D eigenvalue weighted by molar-refractivity contribution is -0.0819. The first-order chi connectivity index (χ1) is 14.5. The van der Waals surface area contributed by atoms with Gasteiger partial charge in [-0.2, -0.15) is 18.4 Å². The van der Waals surface area contributed by atoms with E-state index < -0.39 is 71.8 Å². The highest BCUT2D eigenvalue weighted by Crippen LogP contribution is 2.66. The molecule has 180 valence electrons. The summed E-state index contributed by atoms with van der Waals surface area (Å²) in [6.45, 7) is -2.01. The summed E-state index contributed by atoms with van der Waals surface area (Å²) < 4.78 is 51.1. The quantitative estimate of drug-likeness (QED) is 0.127. The normalized spacial score (nSPS) is 29.7. The Hall–Kier alpha value is -1.54. The zero-order valence-electron chi connectivity index (χ0n) is 15.4. The number of hydrogen-bond acceptors (Lipinski definition) is 12. The Morgan fingerprint density at radius 1 is 1.22 bits per heavy atom. The Morgan fingerprint density at radius 3 is 2.34 bits per heavy atom. The topological polar surface area (TPSA) is 277 Å². The molecule has 0 aromatic carbocycles. The van der Waals surface area contributed by atoms with Gasteiger partial charge in [-0.1, -0.05) is 5.92 Å². The highest BCUT2D eigenvalue weighted by Gasteiger charge is 2.57. The SMILES string of the molecule is C#CC1(O)C(CO)[C@@H](COP(=O)(O)OP(=O)(O)OP(=O)(O)O)O[C@H]1n1ncc(=O)[nH]c1=O. The molecule has 0 amide bonds. The van der Waals surface area contributed by atoms with Gasteiger partial charge in [0.1, 0.15) is 6.20 Å². The van der Waals surface area contributed by atoms with Crippen LogP contribution >= 0.6 is 23.5 Å². The van der Waals surface area contributed by atoms with E-state index in [9.17, 15) is 38.4 Å². The summed E-state index contributed by atoms with van der Waals surface area (Å²) in [5.41, 5.74) is -4.52. The summed E-state index contributed by atoms with van der Waals surface area (Å²) in [6, 6.07) is 0. The number of terminal acetylenes is 1. The maximum atomic E-state index is 12.0. The van der Waals surface area contributed by atoms with Gasteiger partial charge >= 0.3 is 29.2 Å². The molecule has 0 radical (unpaired) electrons. The molecule has 2 heterocycles. The van der Waals surface area contributed by atoms with E-state index in [1.807, 2.05) is 10.9 Å². The zero-order chi connectivity index (χ0) is 24.5. The molecule has 0 spiro atoms. The van der Waals surface area contributed by atoms with Crippen LogP contribution in [-0.4, -0.2) is 69.5 Å². The van der Waals surface area contributed by atoms with Gasteiger partial charge in [0, 0.05) is 0 Å². The summed E-state index contributed by atoms with van der Waals surface area (Å²) in [5, 5.41) is 23.8. The van der Waals surface area contributed by atoms with E-state index in [-0.39, 0.29) is 0 Å². The molecule has 1 fully saturated rings. The third-order valence-corrected chi connectivity index (χ3v) is 7.70. The van der Waals surface area contributed by atoms with E-state index in [2.05, 4.69) is 18.2 Å². The molecule has 1 aliphatic rings. The number of H-pyrrole nitrogens is 1. The number of nitrogens with one attached hydrogen (secondary N) is 1. The maximum Gasteiger partial charge on any atom is 0.490 e. The van der Waals surface area contributed by atoms with Crippen LogP contribution in [0.15, 0.2) is 15.8 Å². The number of aliphatic hydroxyl groups is 2. The monoisotopic (exact) mass is 523 g/mol. The molecule has 1 saturated heterocycles. The molecule has 32 heavy (non-hydrogen) atoms. The molecule has 7 N–H and O–H groups in total. The van der Waals surface area contributed by atoms with Gasteiger partial charge in [-0.3, -0.25) is 14.3 Å². The lowest BCUT2D eigenvalue weighted by Gasteiger charge is -2.27. The van der Waals surface area contributed by atoms with Crippen molar-refractivity contribution in [3.05, 3.63) is 27.0 Å². The van der Waals surface area contributed by atoms with Crippen molar-refractivity contribution in [2.75, 3.05) is 13.2 Å². The Bertz CT molecular complexity index is 1150. The summed E-state index contributed by atoms with van der Waals surface area (Å²) in [4.78, 5) is 60.6. The van der Waals surface area contributed by atoms with E-state index in [4.69, 9.17) is 25.8 Å². The second-order valence-corrected chi connectivity index (χ2v) is 10.5. The number of aromatic amines is 1. The van der Waals surface area contributed by atoms with Crippen molar-refractivity contribution in [3.8, 4) is 12.3 Å². The smallest absolute Gasteiger partial charge is 0.396 e. The Morgan fingerprint density at radius 2 is 1.84 bits per heavy atom. The second kappa shape index (κ2) is 9.37. The summed E-state index contributed by atoms with van der Waals surface area (Å²) >= 11 is 0.